The fourth-order valence-corrected chi connectivity index (χ4v) is 6.11. The molecule has 4 rings (SSSR count). The molecule has 7 heteroatoms. The number of amides is 2. The topological polar surface area (TPSA) is 80.5 Å². The van der Waals surface area contributed by atoms with Crippen LogP contribution in [0.15, 0.2) is 48.5 Å². The zero-order valence-corrected chi connectivity index (χ0v) is 14.8. The normalized spacial score (nSPS) is 21.8. The number of rotatable bonds is 3. The van der Waals surface area contributed by atoms with Gasteiger partial charge in [0.05, 0.1) is 0 Å². The van der Waals surface area contributed by atoms with Gasteiger partial charge in [-0.3, -0.25) is 0 Å². The van der Waals surface area contributed by atoms with E-state index in [9.17, 15) is 19.7 Å². The summed E-state index contributed by atoms with van der Waals surface area (Å²) in [6.45, 7) is 0.290. The van der Waals surface area contributed by atoms with Crippen LogP contribution in [0.25, 0.3) is 0 Å². The van der Waals surface area contributed by atoms with Crippen LogP contribution < -0.4 is 4.46 Å². The zero-order valence-electron chi connectivity index (χ0n) is 13.1. The Hall–Kier alpha value is -2.50. The van der Waals surface area contributed by atoms with Crippen molar-refractivity contribution in [1.82, 2.24) is 4.90 Å². The number of hydrogen-bond acceptors (Lipinski definition) is 4. The number of hydrogen-bond donors (Lipinski definition) is 0. The first-order valence-corrected chi connectivity index (χ1v) is 9.72. The van der Waals surface area contributed by atoms with Gasteiger partial charge in [-0.1, -0.05) is 0 Å². The molecule has 0 aliphatic carbocycles. The first-order chi connectivity index (χ1) is 12.0. The molecule has 0 aromatic heterocycles. The van der Waals surface area contributed by atoms with E-state index in [1.807, 2.05) is 30.3 Å². The number of fused-ring (bicyclic) bond motifs is 2. The predicted octanol–water partition coefficient (Wildman–Crippen LogP) is 1.45. The van der Waals surface area contributed by atoms with Crippen LogP contribution in [0.3, 0.4) is 0 Å². The number of likely N-dealkylation sites (tertiary alicyclic amines) is 1. The van der Waals surface area contributed by atoms with Gasteiger partial charge >= 0.3 is 150 Å². The first-order valence-electron chi connectivity index (χ1n) is 7.88. The molecule has 2 aliphatic heterocycles. The molecule has 1 saturated heterocycles. The van der Waals surface area contributed by atoms with Crippen molar-refractivity contribution in [3.8, 4) is 0 Å². The zero-order chi connectivity index (χ0) is 17.6. The van der Waals surface area contributed by atoms with Crippen molar-refractivity contribution in [1.29, 1.82) is 0 Å². The van der Waals surface area contributed by atoms with Crippen LogP contribution in [0, 0.1) is 16.0 Å². The van der Waals surface area contributed by atoms with Crippen LogP contribution >= 0.6 is 0 Å². The summed E-state index contributed by atoms with van der Waals surface area (Å²) in [5.74, 6) is -0.647. The van der Waals surface area contributed by atoms with Gasteiger partial charge in [-0.25, -0.2) is 0 Å². The number of imide groups is 1. The molecule has 0 bridgehead atoms. The Kier molecular flexibility index (Phi) is 3.90. The van der Waals surface area contributed by atoms with Crippen LogP contribution in [-0.4, -0.2) is 36.6 Å². The van der Waals surface area contributed by atoms with E-state index in [1.54, 1.807) is 12.1 Å². The van der Waals surface area contributed by atoms with Gasteiger partial charge in [-0.05, 0) is 0 Å². The van der Waals surface area contributed by atoms with Crippen molar-refractivity contribution in [3.63, 3.8) is 0 Å². The Balaban J connectivity index is 1.61. The van der Waals surface area contributed by atoms with E-state index in [0.29, 0.717) is 6.42 Å². The van der Waals surface area contributed by atoms with Crippen LogP contribution in [0.4, 0.5) is 5.69 Å². The number of carbonyl (C=O) groups is 2. The first kappa shape index (κ1) is 16.0. The summed E-state index contributed by atoms with van der Waals surface area (Å²) in [5.41, 5.74) is 1.78. The third-order valence-corrected chi connectivity index (χ3v) is 7.60. The molecular weight excluding hydrogens is 387 g/mol. The molecule has 2 aliphatic rings. The molecule has 2 atom stereocenters. The van der Waals surface area contributed by atoms with Gasteiger partial charge in [0.25, 0.3) is 0 Å². The number of benzene rings is 2. The molecule has 0 saturated carbocycles. The minimum absolute atomic E-state index is 0.0333. The molecule has 0 spiro atoms. The van der Waals surface area contributed by atoms with Gasteiger partial charge in [0.2, 0.25) is 0 Å². The van der Waals surface area contributed by atoms with Crippen LogP contribution in [0.5, 0.6) is 0 Å². The Bertz CT molecular complexity index is 884. The van der Waals surface area contributed by atoms with Crippen LogP contribution in [0.2, 0.25) is 4.82 Å². The summed E-state index contributed by atoms with van der Waals surface area (Å²) in [6.07, 6.45) is 0.402. The van der Waals surface area contributed by atoms with Crippen molar-refractivity contribution in [3.05, 3.63) is 69.8 Å². The van der Waals surface area contributed by atoms with Crippen molar-refractivity contribution >= 4 is 36.9 Å². The number of nitro benzene ring substituents is 1. The third kappa shape index (κ3) is 2.75. The number of carbonyl (C=O) groups excluding carboxylic acids is 2. The van der Waals surface area contributed by atoms with E-state index in [1.165, 1.54) is 11.0 Å². The van der Waals surface area contributed by atoms with Crippen molar-refractivity contribution in [2.24, 2.45) is 5.92 Å². The molecule has 126 valence electrons. The number of non-ortho nitro benzene ring substituents is 1. The van der Waals surface area contributed by atoms with Crippen LogP contribution in [0.1, 0.15) is 11.1 Å². The average molecular weight is 401 g/mol. The molecule has 2 aromatic carbocycles. The molecule has 2 amide bonds. The van der Waals surface area contributed by atoms with Gasteiger partial charge in [0.1, 0.15) is 0 Å². The number of nitrogens with zero attached hydrogens (tertiary/aromatic N) is 2. The van der Waals surface area contributed by atoms with E-state index in [2.05, 4.69) is 0 Å². The number of nitro groups is 1. The Morgan fingerprint density at radius 2 is 1.88 bits per heavy atom. The second-order valence-electron chi connectivity index (χ2n) is 6.15. The maximum absolute atomic E-state index is 12.8. The van der Waals surface area contributed by atoms with Gasteiger partial charge in [-0.2, -0.15) is 0 Å². The molecule has 2 aromatic rings. The van der Waals surface area contributed by atoms with E-state index in [0.717, 1.165) is 15.6 Å². The van der Waals surface area contributed by atoms with Gasteiger partial charge < -0.3 is 0 Å². The summed E-state index contributed by atoms with van der Waals surface area (Å²) in [4.78, 5) is 37.1. The van der Waals surface area contributed by atoms with Crippen molar-refractivity contribution < 1.29 is 14.5 Å². The summed E-state index contributed by atoms with van der Waals surface area (Å²) in [6, 6.07) is 14.2. The fourth-order valence-electron chi connectivity index (χ4n) is 3.34. The summed E-state index contributed by atoms with van der Waals surface area (Å²) >= 11 is -0.189. The van der Waals surface area contributed by atoms with E-state index in [-0.39, 0.29) is 49.7 Å². The summed E-state index contributed by atoms with van der Waals surface area (Å²) < 4.78 is 0.988. The second-order valence-corrected chi connectivity index (χ2v) is 8.63. The Morgan fingerprint density at radius 3 is 2.60 bits per heavy atom. The second kappa shape index (κ2) is 6.10. The van der Waals surface area contributed by atoms with Crippen molar-refractivity contribution in [2.45, 2.75) is 17.8 Å². The van der Waals surface area contributed by atoms with E-state index >= 15 is 0 Å². The molecule has 0 unspecified atom stereocenters. The molecule has 1 fully saturated rings. The molecular formula is C18H14N2O4Se. The van der Waals surface area contributed by atoms with Gasteiger partial charge in [0.15, 0.2) is 0 Å². The third-order valence-electron chi connectivity index (χ3n) is 4.59. The Morgan fingerprint density at radius 1 is 1.12 bits per heavy atom. The van der Waals surface area contributed by atoms with E-state index < -0.39 is 4.92 Å². The maximum atomic E-state index is 12.8. The predicted molar refractivity (Wildman–Crippen MR) is 91.4 cm³/mol. The summed E-state index contributed by atoms with van der Waals surface area (Å²) in [5, 5.41) is 11.0. The van der Waals surface area contributed by atoms with Crippen LogP contribution in [-0.2, 0) is 22.6 Å². The van der Waals surface area contributed by atoms with Gasteiger partial charge in [0, 0.05) is 0 Å². The van der Waals surface area contributed by atoms with Crippen molar-refractivity contribution in [2.75, 3.05) is 0 Å². The Labute approximate surface area is 150 Å². The minimum atomic E-state index is -0.428. The molecule has 0 N–H and O–H groups in total. The van der Waals surface area contributed by atoms with E-state index in [4.69, 9.17) is 0 Å². The molecule has 25 heavy (non-hydrogen) atoms. The SMILES string of the molecule is O=C1[C@H]2Cc3cc([N+](=O)[O-])ccc3[Se][C@H]2C(=O)N1Cc1ccccc1. The monoisotopic (exact) mass is 402 g/mol. The fraction of sp³-hybridized carbons (Fsp3) is 0.222. The average Bonchev–Trinajstić information content (AvgIpc) is 2.85. The standard InChI is InChI=1S/C18H14N2O4Se/c21-17-14-9-12-8-13(20(23)24)6-7-15(12)25-16(14)18(22)19(17)10-11-4-2-1-3-5-11/h1-8,14,16H,9-10H2/t14-,16+/m0/s1. The molecule has 6 nitrogen and oxygen atoms in total. The molecule has 0 radical (unpaired) electrons. The molecule has 2 heterocycles. The quantitative estimate of drug-likeness (QED) is 0.338. The summed E-state index contributed by atoms with van der Waals surface area (Å²) in [7, 11) is 0. The van der Waals surface area contributed by atoms with Gasteiger partial charge in [-0.15, -0.1) is 0 Å².